The smallest absolute Gasteiger partial charge is 0.420 e. The van der Waals surface area contributed by atoms with Gasteiger partial charge in [0.15, 0.2) is 5.60 Å². The largest absolute Gasteiger partial charge is 0.497 e. The zero-order valence-electron chi connectivity index (χ0n) is 17.8. The van der Waals surface area contributed by atoms with Gasteiger partial charge in [0, 0.05) is 12.1 Å². The van der Waals surface area contributed by atoms with Gasteiger partial charge in [-0.25, -0.2) is 18.4 Å². The number of ether oxygens (including phenoxy) is 2. The highest BCUT2D eigenvalue weighted by atomic mass is 32.2. The van der Waals surface area contributed by atoms with E-state index in [1.807, 2.05) is 0 Å². The van der Waals surface area contributed by atoms with Crippen molar-refractivity contribution >= 4 is 26.7 Å². The van der Waals surface area contributed by atoms with Crippen molar-refractivity contribution in [2.24, 2.45) is 0 Å². The molecule has 0 aliphatic rings. The summed E-state index contributed by atoms with van der Waals surface area (Å²) in [5.74, 6) is 0.735. The van der Waals surface area contributed by atoms with Crippen LogP contribution in [0.25, 0.3) is 10.9 Å². The predicted molar refractivity (Wildman–Crippen MR) is 113 cm³/mol. The minimum atomic E-state index is -4.95. The quantitative estimate of drug-likeness (QED) is 0.443. The summed E-state index contributed by atoms with van der Waals surface area (Å²) in [5, 5.41) is 2.89. The molecule has 0 saturated carbocycles. The Morgan fingerprint density at radius 2 is 1.73 bits per heavy atom. The second-order valence-electron chi connectivity index (χ2n) is 7.03. The third kappa shape index (κ3) is 5.26. The molecule has 0 spiro atoms. The first kappa shape index (κ1) is 24.5. The van der Waals surface area contributed by atoms with Crippen LogP contribution in [0, 0.1) is 0 Å². The first-order chi connectivity index (χ1) is 15.5. The van der Waals surface area contributed by atoms with E-state index in [1.165, 1.54) is 44.6 Å². The van der Waals surface area contributed by atoms with E-state index in [9.17, 15) is 21.6 Å². The SMILES string of the molecule is COc1cc(OC)c2c(NCC(C)(ONS(=O)(=O)c3ccccc3)C(F)(F)F)ncnc2c1. The van der Waals surface area contributed by atoms with Gasteiger partial charge in [-0.1, -0.05) is 23.1 Å². The number of alkyl halides is 3. The monoisotopic (exact) mass is 486 g/mol. The highest BCUT2D eigenvalue weighted by Crippen LogP contribution is 2.36. The Bertz CT molecular complexity index is 1230. The first-order valence-electron chi connectivity index (χ1n) is 9.43. The Hall–Kier alpha value is -3.16. The molecule has 0 amide bonds. The predicted octanol–water partition coefficient (Wildman–Crippen LogP) is 3.29. The second kappa shape index (κ2) is 9.37. The second-order valence-corrected chi connectivity index (χ2v) is 8.68. The first-order valence-corrected chi connectivity index (χ1v) is 10.9. The lowest BCUT2D eigenvalue weighted by Gasteiger charge is -2.31. The number of hydrogen-bond donors (Lipinski definition) is 2. The number of aromatic nitrogens is 2. The fourth-order valence-corrected chi connectivity index (χ4v) is 3.69. The van der Waals surface area contributed by atoms with Crippen molar-refractivity contribution in [1.82, 2.24) is 14.9 Å². The normalized spacial score (nSPS) is 14.0. The van der Waals surface area contributed by atoms with Crippen molar-refractivity contribution in [3.05, 3.63) is 48.8 Å². The molecule has 3 rings (SSSR count). The molecule has 1 unspecified atom stereocenters. The van der Waals surface area contributed by atoms with Crippen LogP contribution in [0.15, 0.2) is 53.7 Å². The Labute approximate surface area is 187 Å². The molecule has 0 aliphatic carbocycles. The number of nitrogens with one attached hydrogen (secondary N) is 2. The molecule has 3 aromatic rings. The van der Waals surface area contributed by atoms with Crippen LogP contribution in [0.4, 0.5) is 19.0 Å². The molecule has 0 fully saturated rings. The van der Waals surface area contributed by atoms with Crippen LogP contribution >= 0.6 is 0 Å². The average molecular weight is 486 g/mol. The van der Waals surface area contributed by atoms with Gasteiger partial charge in [0.1, 0.15) is 23.6 Å². The summed E-state index contributed by atoms with van der Waals surface area (Å²) in [6.07, 6.45) is -3.79. The summed E-state index contributed by atoms with van der Waals surface area (Å²) in [6, 6.07) is 9.98. The Morgan fingerprint density at radius 1 is 1.03 bits per heavy atom. The van der Waals surface area contributed by atoms with Crippen molar-refractivity contribution in [1.29, 1.82) is 0 Å². The summed E-state index contributed by atoms with van der Waals surface area (Å²) in [6.45, 7) is -0.174. The lowest BCUT2D eigenvalue weighted by Crippen LogP contribution is -2.53. The molecule has 2 aromatic carbocycles. The molecule has 0 aliphatic heterocycles. The fraction of sp³-hybridized carbons (Fsp3) is 0.300. The molecule has 1 aromatic heterocycles. The van der Waals surface area contributed by atoms with E-state index in [4.69, 9.17) is 14.3 Å². The Morgan fingerprint density at radius 3 is 2.33 bits per heavy atom. The van der Waals surface area contributed by atoms with Gasteiger partial charge < -0.3 is 14.8 Å². The van der Waals surface area contributed by atoms with E-state index >= 15 is 0 Å². The lowest BCUT2D eigenvalue weighted by molar-refractivity contribution is -0.274. The van der Waals surface area contributed by atoms with E-state index in [0.29, 0.717) is 23.6 Å². The number of nitrogens with zero attached hydrogens (tertiary/aromatic N) is 2. The van der Waals surface area contributed by atoms with Crippen molar-refractivity contribution in [2.75, 3.05) is 26.1 Å². The van der Waals surface area contributed by atoms with Gasteiger partial charge in [-0.05, 0) is 19.1 Å². The number of rotatable bonds is 9. The molecule has 2 N–H and O–H groups in total. The number of halogens is 3. The van der Waals surface area contributed by atoms with Crippen LogP contribution in [0.1, 0.15) is 6.92 Å². The van der Waals surface area contributed by atoms with Gasteiger partial charge in [0.2, 0.25) is 0 Å². The summed E-state index contributed by atoms with van der Waals surface area (Å²) in [5.41, 5.74) is -2.59. The number of benzene rings is 2. The minimum Gasteiger partial charge on any atom is -0.497 e. The molecule has 178 valence electrons. The molecule has 0 bridgehead atoms. The van der Waals surface area contributed by atoms with E-state index in [0.717, 1.165) is 6.33 Å². The number of fused-ring (bicyclic) bond motifs is 1. The number of sulfonamides is 1. The van der Waals surface area contributed by atoms with Crippen LogP contribution in [0.3, 0.4) is 0 Å². The molecule has 9 nitrogen and oxygen atoms in total. The topological polar surface area (TPSA) is 112 Å². The zero-order valence-corrected chi connectivity index (χ0v) is 18.6. The third-order valence-electron chi connectivity index (χ3n) is 4.75. The highest BCUT2D eigenvalue weighted by Gasteiger charge is 2.54. The van der Waals surface area contributed by atoms with Crippen molar-refractivity contribution in [3.63, 3.8) is 0 Å². The van der Waals surface area contributed by atoms with Gasteiger partial charge in [0.25, 0.3) is 10.0 Å². The van der Waals surface area contributed by atoms with Gasteiger partial charge in [-0.3, -0.25) is 4.84 Å². The van der Waals surface area contributed by atoms with Gasteiger partial charge in [-0.2, -0.15) is 13.2 Å². The zero-order chi connectivity index (χ0) is 24.3. The maximum Gasteiger partial charge on any atom is 0.420 e. The molecule has 33 heavy (non-hydrogen) atoms. The van der Waals surface area contributed by atoms with Gasteiger partial charge in [0.05, 0.1) is 36.6 Å². The molecular formula is C20H21F3N4O5S. The molecule has 0 radical (unpaired) electrons. The van der Waals surface area contributed by atoms with Crippen molar-refractivity contribution in [2.45, 2.75) is 23.6 Å². The fourth-order valence-electron chi connectivity index (χ4n) is 2.78. The lowest BCUT2D eigenvalue weighted by atomic mass is 10.1. The number of methoxy groups -OCH3 is 2. The van der Waals surface area contributed by atoms with E-state index in [1.54, 1.807) is 17.0 Å². The summed E-state index contributed by atoms with van der Waals surface area (Å²) < 4.78 is 76.7. The van der Waals surface area contributed by atoms with Gasteiger partial charge >= 0.3 is 6.18 Å². The third-order valence-corrected chi connectivity index (χ3v) is 5.95. The summed E-state index contributed by atoms with van der Waals surface area (Å²) >= 11 is 0. The van der Waals surface area contributed by atoms with Crippen molar-refractivity contribution in [3.8, 4) is 11.5 Å². The highest BCUT2D eigenvalue weighted by molar-refractivity contribution is 7.89. The summed E-state index contributed by atoms with van der Waals surface area (Å²) in [7, 11) is -1.52. The van der Waals surface area contributed by atoms with Crippen LogP contribution in [0.2, 0.25) is 0 Å². The average Bonchev–Trinajstić information content (AvgIpc) is 2.80. The van der Waals surface area contributed by atoms with E-state index in [2.05, 4.69) is 15.3 Å². The summed E-state index contributed by atoms with van der Waals surface area (Å²) in [4.78, 5) is 14.2. The molecule has 1 heterocycles. The number of anilines is 1. The molecule has 0 saturated heterocycles. The van der Waals surface area contributed by atoms with Crippen LogP contribution < -0.4 is 19.7 Å². The van der Waals surface area contributed by atoms with E-state index in [-0.39, 0.29) is 16.5 Å². The van der Waals surface area contributed by atoms with Crippen LogP contribution in [-0.2, 0) is 14.9 Å². The van der Waals surface area contributed by atoms with Crippen LogP contribution in [0.5, 0.6) is 11.5 Å². The van der Waals surface area contributed by atoms with Gasteiger partial charge in [-0.15, -0.1) is 0 Å². The maximum absolute atomic E-state index is 13.9. The molecule has 1 atom stereocenters. The maximum atomic E-state index is 13.9. The van der Waals surface area contributed by atoms with Crippen molar-refractivity contribution < 1.29 is 35.9 Å². The Balaban J connectivity index is 1.88. The van der Waals surface area contributed by atoms with E-state index < -0.39 is 28.3 Å². The Kier molecular flexibility index (Phi) is 6.95. The standard InChI is InChI=1S/C20H21F3N4O5S/c1-19(20(21,22)23,32-27-33(28,29)14-7-5-4-6-8-14)11-24-18-17-15(25-12-26-18)9-13(30-2)10-16(17)31-3/h4-10,12,27H,11H2,1-3H3,(H,24,25,26). The van der Waals surface area contributed by atoms with Crippen LogP contribution in [-0.4, -0.2) is 50.9 Å². The number of hydrogen-bond acceptors (Lipinski definition) is 8. The minimum absolute atomic E-state index is 0.0319. The molecular weight excluding hydrogens is 465 g/mol. The molecule has 13 heteroatoms.